The van der Waals surface area contributed by atoms with Crippen molar-refractivity contribution < 1.29 is 19.1 Å². The van der Waals surface area contributed by atoms with Gasteiger partial charge in [-0.25, -0.2) is 0 Å². The van der Waals surface area contributed by atoms with E-state index in [-0.39, 0.29) is 11.9 Å². The summed E-state index contributed by atoms with van der Waals surface area (Å²) in [6.07, 6.45) is 15.7. The Morgan fingerprint density at radius 1 is 0.633 bits per heavy atom. The number of unbranched alkanes of at least 4 members (excludes halogenated alkanes) is 11. The highest BCUT2D eigenvalue weighted by molar-refractivity contribution is 5.69. The van der Waals surface area contributed by atoms with Crippen LogP contribution in [-0.4, -0.2) is 18.5 Å². The van der Waals surface area contributed by atoms with Crippen LogP contribution in [0.3, 0.4) is 0 Å². The highest BCUT2D eigenvalue weighted by atomic mass is 16.5. The smallest absolute Gasteiger partial charge is 0.306 e. The van der Waals surface area contributed by atoms with E-state index in [4.69, 9.17) is 9.47 Å². The number of carbonyl (C=O) groups is 2. The van der Waals surface area contributed by atoms with Crippen LogP contribution in [-0.2, 0) is 25.7 Å². The number of esters is 2. The Labute approximate surface area is 183 Å². The molecule has 1 aromatic rings. The largest absolute Gasteiger partial charge is 0.466 e. The maximum atomic E-state index is 11.7. The van der Waals surface area contributed by atoms with Gasteiger partial charge in [0.1, 0.15) is 6.61 Å². The molecule has 0 atom stereocenters. The summed E-state index contributed by atoms with van der Waals surface area (Å²) in [6.45, 7) is 3.16. The molecule has 0 saturated heterocycles. The molecule has 0 aliphatic heterocycles. The summed E-state index contributed by atoms with van der Waals surface area (Å²) in [4.78, 5) is 23.5. The number of hydrogen-bond acceptors (Lipinski definition) is 4. The summed E-state index contributed by atoms with van der Waals surface area (Å²) in [5.74, 6) is -0.176. The molecule has 0 aliphatic rings. The Hall–Kier alpha value is -1.84. The lowest BCUT2D eigenvalue weighted by Gasteiger charge is -2.06. The summed E-state index contributed by atoms with van der Waals surface area (Å²) in [5.41, 5.74) is 1.02. The molecule has 0 N–H and O–H groups in total. The van der Waals surface area contributed by atoms with Crippen LogP contribution in [0.5, 0.6) is 0 Å². The molecule has 0 radical (unpaired) electrons. The van der Waals surface area contributed by atoms with Crippen molar-refractivity contribution in [3.8, 4) is 0 Å². The fourth-order valence-electron chi connectivity index (χ4n) is 3.37. The summed E-state index contributed by atoms with van der Waals surface area (Å²) >= 11 is 0. The van der Waals surface area contributed by atoms with Gasteiger partial charge in [-0.1, -0.05) is 101 Å². The zero-order valence-corrected chi connectivity index (χ0v) is 19.0. The Balaban J connectivity index is 1.82. The van der Waals surface area contributed by atoms with Crippen LogP contribution in [0.1, 0.15) is 109 Å². The number of carbonyl (C=O) groups excluding carboxylic acids is 2. The molecule has 0 aromatic heterocycles. The third kappa shape index (κ3) is 16.0. The van der Waals surface area contributed by atoms with Crippen LogP contribution in [0.25, 0.3) is 0 Å². The molecule has 0 saturated carbocycles. The third-order valence-corrected chi connectivity index (χ3v) is 5.27. The standard InChI is InChI=1S/C26H42O4/c1-2-3-4-5-8-11-17-22-29-25(27)20-15-9-6-7-10-16-21-26(28)30-23-24-18-13-12-14-19-24/h12-14,18-19H,2-11,15-17,20-23H2,1H3. The Bertz CT molecular complexity index is 541. The lowest BCUT2D eigenvalue weighted by atomic mass is 10.1. The Morgan fingerprint density at radius 2 is 1.13 bits per heavy atom. The molecular formula is C26H42O4. The predicted octanol–water partition coefficient (Wildman–Crippen LogP) is 7.14. The SMILES string of the molecule is CCCCCCCCCOC(=O)CCCCCCCCC(=O)OCc1ccccc1. The molecule has 1 aromatic carbocycles. The van der Waals surface area contributed by atoms with Gasteiger partial charge in [0, 0.05) is 12.8 Å². The topological polar surface area (TPSA) is 52.6 Å². The minimum atomic E-state index is -0.123. The van der Waals surface area contributed by atoms with Gasteiger partial charge < -0.3 is 9.47 Å². The van der Waals surface area contributed by atoms with Crippen molar-refractivity contribution in [1.82, 2.24) is 0 Å². The van der Waals surface area contributed by atoms with Gasteiger partial charge in [0.05, 0.1) is 6.61 Å². The second kappa shape index (κ2) is 19.1. The molecule has 170 valence electrons. The Kier molecular flexibility index (Phi) is 16.7. The van der Waals surface area contributed by atoms with E-state index in [9.17, 15) is 9.59 Å². The van der Waals surface area contributed by atoms with Gasteiger partial charge in [-0.3, -0.25) is 9.59 Å². The maximum Gasteiger partial charge on any atom is 0.306 e. The quantitative estimate of drug-likeness (QED) is 0.177. The molecule has 0 amide bonds. The maximum absolute atomic E-state index is 11.7. The Morgan fingerprint density at radius 3 is 1.73 bits per heavy atom. The fourth-order valence-corrected chi connectivity index (χ4v) is 3.37. The van der Waals surface area contributed by atoms with Crippen molar-refractivity contribution in [2.45, 2.75) is 110 Å². The van der Waals surface area contributed by atoms with E-state index in [1.54, 1.807) is 0 Å². The normalized spacial score (nSPS) is 10.7. The molecule has 0 aliphatic carbocycles. The molecule has 30 heavy (non-hydrogen) atoms. The molecule has 0 fully saturated rings. The van der Waals surface area contributed by atoms with E-state index < -0.39 is 0 Å². The second-order valence-electron chi connectivity index (χ2n) is 8.11. The second-order valence-corrected chi connectivity index (χ2v) is 8.11. The lowest BCUT2D eigenvalue weighted by Crippen LogP contribution is -2.05. The zero-order chi connectivity index (χ0) is 21.7. The van der Waals surface area contributed by atoms with Crippen molar-refractivity contribution in [2.75, 3.05) is 6.61 Å². The summed E-state index contributed by atoms with van der Waals surface area (Å²) < 4.78 is 10.6. The van der Waals surface area contributed by atoms with E-state index in [1.807, 2.05) is 30.3 Å². The minimum Gasteiger partial charge on any atom is -0.466 e. The average molecular weight is 419 g/mol. The molecular weight excluding hydrogens is 376 g/mol. The van der Waals surface area contributed by atoms with E-state index in [0.29, 0.717) is 26.1 Å². The first-order valence-electron chi connectivity index (χ1n) is 12.1. The molecule has 4 nitrogen and oxygen atoms in total. The van der Waals surface area contributed by atoms with Crippen LogP contribution in [0.15, 0.2) is 30.3 Å². The number of hydrogen-bond donors (Lipinski definition) is 0. The molecule has 0 bridgehead atoms. The van der Waals surface area contributed by atoms with E-state index >= 15 is 0 Å². The van der Waals surface area contributed by atoms with Gasteiger partial charge in [0.25, 0.3) is 0 Å². The number of ether oxygens (including phenoxy) is 2. The molecule has 0 heterocycles. The molecule has 0 spiro atoms. The van der Waals surface area contributed by atoms with Crippen molar-refractivity contribution in [3.05, 3.63) is 35.9 Å². The number of benzene rings is 1. The molecule has 1 rings (SSSR count). The van der Waals surface area contributed by atoms with Crippen LogP contribution in [0.4, 0.5) is 0 Å². The van der Waals surface area contributed by atoms with Crippen molar-refractivity contribution in [1.29, 1.82) is 0 Å². The number of rotatable bonds is 19. The van der Waals surface area contributed by atoms with Gasteiger partial charge in [-0.05, 0) is 24.8 Å². The van der Waals surface area contributed by atoms with Gasteiger partial charge in [-0.15, -0.1) is 0 Å². The third-order valence-electron chi connectivity index (χ3n) is 5.27. The van der Waals surface area contributed by atoms with E-state index in [2.05, 4.69) is 6.92 Å². The fraction of sp³-hybridized carbons (Fsp3) is 0.692. The van der Waals surface area contributed by atoms with Gasteiger partial charge in [0.2, 0.25) is 0 Å². The van der Waals surface area contributed by atoms with E-state index in [0.717, 1.165) is 56.9 Å². The average Bonchev–Trinajstić information content (AvgIpc) is 2.76. The first kappa shape index (κ1) is 26.2. The highest BCUT2D eigenvalue weighted by Crippen LogP contribution is 2.11. The molecule has 0 unspecified atom stereocenters. The highest BCUT2D eigenvalue weighted by Gasteiger charge is 2.04. The van der Waals surface area contributed by atoms with E-state index in [1.165, 1.54) is 32.1 Å². The summed E-state index contributed by atoms with van der Waals surface area (Å²) in [5, 5.41) is 0. The van der Waals surface area contributed by atoms with Crippen molar-refractivity contribution in [2.24, 2.45) is 0 Å². The lowest BCUT2D eigenvalue weighted by molar-refractivity contribution is -0.145. The monoisotopic (exact) mass is 418 g/mol. The predicted molar refractivity (Wildman–Crippen MR) is 122 cm³/mol. The van der Waals surface area contributed by atoms with Gasteiger partial charge >= 0.3 is 11.9 Å². The minimum absolute atomic E-state index is 0.0536. The zero-order valence-electron chi connectivity index (χ0n) is 19.0. The van der Waals surface area contributed by atoms with Crippen LogP contribution in [0.2, 0.25) is 0 Å². The first-order valence-corrected chi connectivity index (χ1v) is 12.1. The van der Waals surface area contributed by atoms with Crippen LogP contribution in [0, 0.1) is 0 Å². The van der Waals surface area contributed by atoms with Crippen LogP contribution >= 0.6 is 0 Å². The van der Waals surface area contributed by atoms with Crippen molar-refractivity contribution >= 4 is 11.9 Å². The summed E-state index contributed by atoms with van der Waals surface area (Å²) in [7, 11) is 0. The van der Waals surface area contributed by atoms with Crippen molar-refractivity contribution in [3.63, 3.8) is 0 Å². The summed E-state index contributed by atoms with van der Waals surface area (Å²) in [6, 6.07) is 9.75. The first-order chi connectivity index (χ1) is 14.7. The van der Waals surface area contributed by atoms with Gasteiger partial charge in [-0.2, -0.15) is 0 Å². The van der Waals surface area contributed by atoms with Gasteiger partial charge in [0.15, 0.2) is 0 Å². The molecule has 4 heteroatoms. The van der Waals surface area contributed by atoms with Crippen LogP contribution < -0.4 is 0 Å².